The molecule has 5 heteroatoms. The summed E-state index contributed by atoms with van der Waals surface area (Å²) in [6.07, 6.45) is 1.22. The number of benzene rings is 1. The number of aliphatic hydroxyl groups is 1. The number of halogens is 1. The number of aliphatic hydroxyl groups excluding tert-OH is 1. The molecule has 1 N–H and O–H groups in total. The first-order chi connectivity index (χ1) is 10.7. The molecule has 0 saturated carbocycles. The summed E-state index contributed by atoms with van der Waals surface area (Å²) < 4.78 is 12.9. The van der Waals surface area contributed by atoms with E-state index in [9.17, 15) is 9.50 Å². The maximum Gasteiger partial charge on any atom is 0.128 e. The maximum atomic E-state index is 12.9. The predicted molar refractivity (Wildman–Crippen MR) is 84.2 cm³/mol. The minimum Gasteiger partial charge on any atom is -0.387 e. The van der Waals surface area contributed by atoms with Gasteiger partial charge in [-0.05, 0) is 29.8 Å². The third-order valence-electron chi connectivity index (χ3n) is 4.03. The number of rotatable bonds is 4. The van der Waals surface area contributed by atoms with Crippen LogP contribution in [0, 0.1) is 5.82 Å². The summed E-state index contributed by atoms with van der Waals surface area (Å²) in [5.74, 6) is 0.723. The van der Waals surface area contributed by atoms with Crippen LogP contribution in [0.15, 0.2) is 48.7 Å². The minimum atomic E-state index is -0.581. The highest BCUT2D eigenvalue weighted by molar-refractivity contribution is 5.38. The smallest absolute Gasteiger partial charge is 0.128 e. The van der Waals surface area contributed by atoms with Crippen molar-refractivity contribution in [1.82, 2.24) is 9.88 Å². The number of piperazine rings is 1. The van der Waals surface area contributed by atoms with Gasteiger partial charge in [-0.1, -0.05) is 18.2 Å². The van der Waals surface area contributed by atoms with Crippen molar-refractivity contribution in [2.24, 2.45) is 0 Å². The average Bonchev–Trinajstić information content (AvgIpc) is 2.57. The van der Waals surface area contributed by atoms with E-state index in [1.165, 1.54) is 12.1 Å². The van der Waals surface area contributed by atoms with Gasteiger partial charge in [0.25, 0.3) is 0 Å². The van der Waals surface area contributed by atoms with Crippen LogP contribution in [0.25, 0.3) is 0 Å². The number of aromatic nitrogens is 1. The molecule has 1 aliphatic rings. The van der Waals surface area contributed by atoms with Crippen LogP contribution in [0.1, 0.15) is 11.7 Å². The number of anilines is 1. The Labute approximate surface area is 129 Å². The highest BCUT2D eigenvalue weighted by Crippen LogP contribution is 2.17. The van der Waals surface area contributed by atoms with Crippen LogP contribution in [0.3, 0.4) is 0 Å². The second-order valence-corrected chi connectivity index (χ2v) is 5.54. The second-order valence-electron chi connectivity index (χ2n) is 5.54. The monoisotopic (exact) mass is 301 g/mol. The lowest BCUT2D eigenvalue weighted by molar-refractivity contribution is 0.109. The Morgan fingerprint density at radius 3 is 2.41 bits per heavy atom. The molecule has 116 valence electrons. The van der Waals surface area contributed by atoms with Gasteiger partial charge in [-0.2, -0.15) is 0 Å². The van der Waals surface area contributed by atoms with Crippen molar-refractivity contribution in [2.75, 3.05) is 37.6 Å². The summed E-state index contributed by atoms with van der Waals surface area (Å²) in [6.45, 7) is 4.13. The molecule has 1 fully saturated rings. The summed E-state index contributed by atoms with van der Waals surface area (Å²) in [7, 11) is 0. The van der Waals surface area contributed by atoms with Gasteiger partial charge in [0.15, 0.2) is 0 Å². The quantitative estimate of drug-likeness (QED) is 0.938. The third kappa shape index (κ3) is 3.61. The van der Waals surface area contributed by atoms with Gasteiger partial charge in [0.05, 0.1) is 6.10 Å². The molecule has 0 amide bonds. The molecule has 1 aromatic carbocycles. The Balaban J connectivity index is 1.52. The lowest BCUT2D eigenvalue weighted by Gasteiger charge is -2.36. The van der Waals surface area contributed by atoms with E-state index >= 15 is 0 Å². The van der Waals surface area contributed by atoms with Crippen LogP contribution in [0.5, 0.6) is 0 Å². The highest BCUT2D eigenvalue weighted by atomic mass is 19.1. The lowest BCUT2D eigenvalue weighted by atomic mass is 10.1. The molecular formula is C17H20FN3O. The fraction of sp³-hybridized carbons (Fsp3) is 0.353. The van der Waals surface area contributed by atoms with Crippen molar-refractivity contribution >= 4 is 5.82 Å². The molecule has 2 aromatic rings. The van der Waals surface area contributed by atoms with E-state index in [1.807, 2.05) is 18.2 Å². The average molecular weight is 301 g/mol. The van der Waals surface area contributed by atoms with Gasteiger partial charge >= 0.3 is 0 Å². The topological polar surface area (TPSA) is 39.6 Å². The maximum absolute atomic E-state index is 12.9. The van der Waals surface area contributed by atoms with E-state index in [2.05, 4.69) is 14.8 Å². The Morgan fingerprint density at radius 1 is 1.05 bits per heavy atom. The summed E-state index contributed by atoms with van der Waals surface area (Å²) in [5, 5.41) is 10.3. The summed E-state index contributed by atoms with van der Waals surface area (Å²) in [6, 6.07) is 12.0. The highest BCUT2D eigenvalue weighted by Gasteiger charge is 2.20. The summed E-state index contributed by atoms with van der Waals surface area (Å²) >= 11 is 0. The Morgan fingerprint density at radius 2 is 1.77 bits per heavy atom. The van der Waals surface area contributed by atoms with Crippen LogP contribution in [0.2, 0.25) is 0 Å². The largest absolute Gasteiger partial charge is 0.387 e. The molecular weight excluding hydrogens is 281 g/mol. The first-order valence-electron chi connectivity index (χ1n) is 7.54. The molecule has 2 heterocycles. The van der Waals surface area contributed by atoms with E-state index in [0.717, 1.165) is 37.6 Å². The zero-order valence-electron chi connectivity index (χ0n) is 12.4. The van der Waals surface area contributed by atoms with E-state index in [-0.39, 0.29) is 5.82 Å². The van der Waals surface area contributed by atoms with Crippen LogP contribution in [-0.4, -0.2) is 47.7 Å². The van der Waals surface area contributed by atoms with Gasteiger partial charge in [-0.25, -0.2) is 9.37 Å². The number of pyridine rings is 1. The summed E-state index contributed by atoms with van der Waals surface area (Å²) in [5.41, 5.74) is 0.758. The molecule has 1 unspecified atom stereocenters. The Bertz CT molecular complexity index is 583. The van der Waals surface area contributed by atoms with Crippen molar-refractivity contribution in [1.29, 1.82) is 0 Å². The van der Waals surface area contributed by atoms with E-state index in [4.69, 9.17) is 0 Å². The first-order valence-corrected chi connectivity index (χ1v) is 7.54. The first kappa shape index (κ1) is 14.9. The van der Waals surface area contributed by atoms with Crippen LogP contribution in [-0.2, 0) is 0 Å². The predicted octanol–water partition coefficient (Wildman–Crippen LogP) is 2.08. The Hall–Kier alpha value is -1.98. The van der Waals surface area contributed by atoms with Crippen molar-refractivity contribution in [3.63, 3.8) is 0 Å². The van der Waals surface area contributed by atoms with Crippen LogP contribution < -0.4 is 4.90 Å². The SMILES string of the molecule is OC(CN1CCN(c2ccccn2)CC1)c1ccc(F)cc1. The van der Waals surface area contributed by atoms with Crippen LogP contribution >= 0.6 is 0 Å². The number of nitrogens with zero attached hydrogens (tertiary/aromatic N) is 3. The molecule has 4 nitrogen and oxygen atoms in total. The van der Waals surface area contributed by atoms with Gasteiger partial charge in [0, 0.05) is 38.9 Å². The van der Waals surface area contributed by atoms with Gasteiger partial charge in [0.2, 0.25) is 0 Å². The van der Waals surface area contributed by atoms with Crippen molar-refractivity contribution < 1.29 is 9.50 Å². The van der Waals surface area contributed by atoms with Crippen molar-refractivity contribution in [3.8, 4) is 0 Å². The number of β-amino-alcohol motifs (C(OH)–C–C–N with tert-alkyl or cyclic N) is 1. The molecule has 0 radical (unpaired) electrons. The Kier molecular flexibility index (Phi) is 4.65. The molecule has 0 aliphatic carbocycles. The van der Waals surface area contributed by atoms with Gasteiger partial charge in [-0.3, -0.25) is 4.90 Å². The van der Waals surface area contributed by atoms with Gasteiger partial charge in [-0.15, -0.1) is 0 Å². The minimum absolute atomic E-state index is 0.278. The van der Waals surface area contributed by atoms with Gasteiger partial charge in [0.1, 0.15) is 11.6 Å². The molecule has 0 bridgehead atoms. The summed E-state index contributed by atoms with van der Waals surface area (Å²) in [4.78, 5) is 8.85. The standard InChI is InChI=1S/C17H20FN3O/c18-15-6-4-14(5-7-15)16(22)13-20-9-11-21(12-10-20)17-3-1-2-8-19-17/h1-8,16,22H,9-13H2. The molecule has 1 aromatic heterocycles. The molecule has 0 spiro atoms. The third-order valence-corrected chi connectivity index (χ3v) is 4.03. The van der Waals surface area contributed by atoms with E-state index in [0.29, 0.717) is 6.54 Å². The van der Waals surface area contributed by atoms with Crippen molar-refractivity contribution in [3.05, 3.63) is 60.0 Å². The second kappa shape index (κ2) is 6.85. The zero-order valence-corrected chi connectivity index (χ0v) is 12.4. The number of hydrogen-bond donors (Lipinski definition) is 1. The van der Waals surface area contributed by atoms with Crippen LogP contribution in [0.4, 0.5) is 10.2 Å². The van der Waals surface area contributed by atoms with E-state index < -0.39 is 6.10 Å². The fourth-order valence-electron chi connectivity index (χ4n) is 2.74. The normalized spacial score (nSPS) is 17.5. The fourth-order valence-corrected chi connectivity index (χ4v) is 2.74. The molecule has 1 aliphatic heterocycles. The molecule has 1 saturated heterocycles. The van der Waals surface area contributed by atoms with E-state index in [1.54, 1.807) is 18.3 Å². The van der Waals surface area contributed by atoms with Gasteiger partial charge < -0.3 is 10.0 Å². The molecule has 22 heavy (non-hydrogen) atoms. The number of hydrogen-bond acceptors (Lipinski definition) is 4. The lowest BCUT2D eigenvalue weighted by Crippen LogP contribution is -2.47. The van der Waals surface area contributed by atoms with Crippen molar-refractivity contribution in [2.45, 2.75) is 6.10 Å². The molecule has 1 atom stereocenters. The molecule has 3 rings (SSSR count). The zero-order chi connectivity index (χ0) is 15.4.